The third-order valence-corrected chi connectivity index (χ3v) is 9.92. The highest BCUT2D eigenvalue weighted by Gasteiger charge is 2.29. The molecule has 0 aliphatic carbocycles. The number of rotatable bonds is 33. The van der Waals surface area contributed by atoms with Crippen molar-refractivity contribution in [3.8, 4) is 5.88 Å². The Hall–Kier alpha value is -5.64. The molecule has 11 N–H and O–H groups in total. The van der Waals surface area contributed by atoms with E-state index >= 15 is 0 Å². The number of benzene rings is 1. The molecule has 0 unspecified atom stereocenters. The van der Waals surface area contributed by atoms with Crippen LogP contribution < -0.4 is 48.5 Å². The maximum atomic E-state index is 13.6. The van der Waals surface area contributed by atoms with Crippen LogP contribution in [0.1, 0.15) is 96.5 Å². The third kappa shape index (κ3) is 20.0. The van der Waals surface area contributed by atoms with Crippen molar-refractivity contribution in [1.82, 2.24) is 46.3 Å². The second-order valence-electron chi connectivity index (χ2n) is 16.1. The zero-order valence-electron chi connectivity index (χ0n) is 38.7. The number of urea groups is 1. The summed E-state index contributed by atoms with van der Waals surface area (Å²) in [7, 11) is 0. The number of aryl methyl sites for hydroxylation is 1. The monoisotopic (exact) mass is 913 g/mol. The molecule has 0 bridgehead atoms. The Morgan fingerprint density at radius 2 is 1.42 bits per heavy atom. The van der Waals surface area contributed by atoms with Crippen molar-refractivity contribution in [3.63, 3.8) is 0 Å². The molecule has 362 valence electrons. The van der Waals surface area contributed by atoms with Crippen molar-refractivity contribution in [2.24, 2.45) is 17.4 Å². The van der Waals surface area contributed by atoms with Crippen LogP contribution in [0.2, 0.25) is 0 Å². The van der Waals surface area contributed by atoms with Gasteiger partial charge in [0.2, 0.25) is 23.6 Å². The van der Waals surface area contributed by atoms with E-state index in [1.807, 2.05) is 38.1 Å². The van der Waals surface area contributed by atoms with Gasteiger partial charge in [-0.05, 0) is 56.6 Å². The number of nitrogens with two attached hydrogens (primary N) is 3. The summed E-state index contributed by atoms with van der Waals surface area (Å²) in [4.78, 5) is 68.6. The number of anilines is 1. The molecule has 0 saturated heterocycles. The number of nitrogens with zero attached hydrogens (tertiary/aromatic N) is 4. The van der Waals surface area contributed by atoms with Gasteiger partial charge in [-0.25, -0.2) is 9.78 Å². The summed E-state index contributed by atoms with van der Waals surface area (Å²) in [5, 5.41) is 22.1. The van der Waals surface area contributed by atoms with Crippen molar-refractivity contribution in [2.75, 3.05) is 65.0 Å². The van der Waals surface area contributed by atoms with E-state index in [0.717, 1.165) is 36.2 Å². The van der Waals surface area contributed by atoms with E-state index in [1.165, 1.54) is 0 Å². The second-order valence-corrected chi connectivity index (χ2v) is 16.1. The van der Waals surface area contributed by atoms with Gasteiger partial charge in [0.1, 0.15) is 28.9 Å². The van der Waals surface area contributed by atoms with Crippen LogP contribution in [0.3, 0.4) is 0 Å². The minimum atomic E-state index is -0.982. The van der Waals surface area contributed by atoms with Crippen molar-refractivity contribution < 1.29 is 42.9 Å². The van der Waals surface area contributed by atoms with E-state index in [4.69, 9.17) is 41.1 Å². The average molecular weight is 913 g/mol. The summed E-state index contributed by atoms with van der Waals surface area (Å²) in [5.74, 6) is -0.480. The topological polar surface area (TPSA) is 304 Å². The highest BCUT2D eigenvalue weighted by atomic mass is 16.5. The molecule has 21 heteroatoms. The number of imidazole rings is 1. The number of unbranched alkanes of at least 4 members (excludes halogenated alkanes) is 1. The Morgan fingerprint density at radius 1 is 0.754 bits per heavy atom. The summed E-state index contributed by atoms with van der Waals surface area (Å²) >= 11 is 0. The lowest BCUT2D eigenvalue weighted by molar-refractivity contribution is -0.133. The van der Waals surface area contributed by atoms with Crippen LogP contribution in [0.5, 0.6) is 5.88 Å². The van der Waals surface area contributed by atoms with E-state index in [-0.39, 0.29) is 62.5 Å². The molecule has 21 nitrogen and oxygen atoms in total. The third-order valence-electron chi connectivity index (χ3n) is 9.92. The molecule has 0 fully saturated rings. The molecule has 1 aromatic carbocycles. The fraction of sp³-hybridized carbons (Fsp3) is 0.636. The molecule has 0 spiro atoms. The molecule has 3 rings (SSSR count). The summed E-state index contributed by atoms with van der Waals surface area (Å²) in [6.07, 6.45) is 3.45. The van der Waals surface area contributed by atoms with Crippen LogP contribution in [-0.4, -0.2) is 127 Å². The lowest BCUT2D eigenvalue weighted by Crippen LogP contribution is -2.55. The van der Waals surface area contributed by atoms with Crippen LogP contribution in [0.15, 0.2) is 24.3 Å². The molecular weight excluding hydrogens is 841 g/mol. The van der Waals surface area contributed by atoms with E-state index in [0.29, 0.717) is 82.6 Å². The smallest absolute Gasteiger partial charge is 0.312 e. The molecule has 65 heavy (non-hydrogen) atoms. The SMILES string of the molecule is CCCCc1nc2c(N)nnc(OC(C)C)c2n1Cc1ccc(CNC(=O)[C@H](CCCNC(N)=O)NC(=O)[C@@H](NC(=O)CCCC(=O)NCCOCCOCCOCCN)C(C)C)cc1. The Morgan fingerprint density at radius 3 is 2.06 bits per heavy atom. The Bertz CT molecular complexity index is 1930. The zero-order valence-corrected chi connectivity index (χ0v) is 38.7. The number of aromatic nitrogens is 4. The summed E-state index contributed by atoms with van der Waals surface area (Å²) < 4.78 is 24.1. The van der Waals surface area contributed by atoms with Crippen molar-refractivity contribution >= 4 is 46.5 Å². The van der Waals surface area contributed by atoms with Crippen LogP contribution >= 0.6 is 0 Å². The second kappa shape index (κ2) is 29.7. The fourth-order valence-electron chi connectivity index (χ4n) is 6.56. The first-order valence-corrected chi connectivity index (χ1v) is 22.6. The number of hydrogen-bond acceptors (Lipinski definition) is 14. The van der Waals surface area contributed by atoms with Gasteiger partial charge in [0, 0.05) is 52.0 Å². The van der Waals surface area contributed by atoms with Gasteiger partial charge in [0.15, 0.2) is 5.82 Å². The fourth-order valence-corrected chi connectivity index (χ4v) is 6.56. The number of hydrogen-bond donors (Lipinski definition) is 8. The molecule has 6 amide bonds. The van der Waals surface area contributed by atoms with Gasteiger partial charge in [0.25, 0.3) is 5.88 Å². The first kappa shape index (κ1) is 53.7. The normalized spacial score (nSPS) is 12.2. The van der Waals surface area contributed by atoms with Gasteiger partial charge < -0.3 is 67.3 Å². The molecule has 0 saturated carbocycles. The number of fused-ring (bicyclic) bond motifs is 1. The number of amides is 6. The van der Waals surface area contributed by atoms with E-state index in [2.05, 4.69) is 48.3 Å². The van der Waals surface area contributed by atoms with Crippen LogP contribution in [0, 0.1) is 5.92 Å². The summed E-state index contributed by atoms with van der Waals surface area (Å²) in [5.41, 5.74) is 19.8. The van der Waals surface area contributed by atoms with Gasteiger partial charge in [0.05, 0.1) is 45.7 Å². The standard InChI is InChI=1S/C44H72N12O9/c1-6-7-11-34-52-38-39(43(65-30(4)5)55-54-40(38)46)56(34)28-32-16-14-31(15-17-32)27-50-41(59)33(10-9-19-49-44(47)61)51-42(60)37(29(2)3)53-36(58)13-8-12-35(57)48-20-22-63-24-26-64-25-23-62-21-18-45/h14-17,29-30,33,37H,6-13,18-28,45H2,1-5H3,(H2,46,54)(H,48,57)(H,50,59)(H,51,60)(H,53,58)(H3,47,49,61)/t33-,37-/m0/s1. The van der Waals surface area contributed by atoms with Gasteiger partial charge in [-0.2, -0.15) is 0 Å². The van der Waals surface area contributed by atoms with Gasteiger partial charge >= 0.3 is 6.03 Å². The van der Waals surface area contributed by atoms with Gasteiger partial charge in [-0.1, -0.05) is 51.5 Å². The number of nitrogens with one attached hydrogen (secondary N) is 5. The Kier molecular flexibility index (Phi) is 24.6. The van der Waals surface area contributed by atoms with Crippen molar-refractivity contribution in [2.45, 2.75) is 117 Å². The maximum absolute atomic E-state index is 13.6. The number of primary amides is 1. The van der Waals surface area contributed by atoms with Gasteiger partial charge in [-0.3, -0.25) is 19.2 Å². The van der Waals surface area contributed by atoms with Crippen LogP contribution in [-0.2, 0) is 52.9 Å². The van der Waals surface area contributed by atoms with Gasteiger partial charge in [-0.15, -0.1) is 10.2 Å². The Labute approximate surface area is 381 Å². The molecule has 2 aromatic heterocycles. The largest absolute Gasteiger partial charge is 0.472 e. The first-order chi connectivity index (χ1) is 31.2. The lowest BCUT2D eigenvalue weighted by atomic mass is 10.0. The summed E-state index contributed by atoms with van der Waals surface area (Å²) in [6, 6.07) is 5.12. The summed E-state index contributed by atoms with van der Waals surface area (Å²) in [6.45, 7) is 13.6. The molecule has 3 aromatic rings. The first-order valence-electron chi connectivity index (χ1n) is 22.6. The maximum Gasteiger partial charge on any atom is 0.312 e. The number of carbonyl (C=O) groups is 5. The number of carbonyl (C=O) groups excluding carboxylic acids is 5. The van der Waals surface area contributed by atoms with E-state index in [1.54, 1.807) is 13.8 Å². The van der Waals surface area contributed by atoms with E-state index in [9.17, 15) is 24.0 Å². The Balaban J connectivity index is 1.55. The predicted octanol–water partition coefficient (Wildman–Crippen LogP) is 1.57. The number of ether oxygens (including phenoxy) is 4. The van der Waals surface area contributed by atoms with Crippen LogP contribution in [0.25, 0.3) is 11.0 Å². The van der Waals surface area contributed by atoms with Crippen molar-refractivity contribution in [1.29, 1.82) is 0 Å². The molecule has 2 atom stereocenters. The molecule has 0 aliphatic heterocycles. The molecule has 2 heterocycles. The highest BCUT2D eigenvalue weighted by Crippen LogP contribution is 2.29. The van der Waals surface area contributed by atoms with E-state index < -0.39 is 35.8 Å². The van der Waals surface area contributed by atoms with Crippen LogP contribution in [0.4, 0.5) is 10.6 Å². The molecule has 0 aliphatic rings. The predicted molar refractivity (Wildman–Crippen MR) is 245 cm³/mol. The number of nitrogen functional groups attached to an aromatic ring is 1. The minimum Gasteiger partial charge on any atom is -0.472 e. The highest BCUT2D eigenvalue weighted by molar-refractivity contribution is 5.92. The molecular formula is C44H72N12O9. The zero-order chi connectivity index (χ0) is 47.6. The van der Waals surface area contributed by atoms with Crippen molar-refractivity contribution in [3.05, 3.63) is 41.2 Å². The molecule has 0 radical (unpaired) electrons. The average Bonchev–Trinajstić information content (AvgIpc) is 3.63. The lowest BCUT2D eigenvalue weighted by Gasteiger charge is -2.25. The quantitative estimate of drug-likeness (QED) is 0.0403. The minimum absolute atomic E-state index is 0.0179.